The van der Waals surface area contributed by atoms with Crippen LogP contribution in [-0.4, -0.2) is 49.2 Å². The van der Waals surface area contributed by atoms with Gasteiger partial charge in [-0.2, -0.15) is 0 Å². The lowest BCUT2D eigenvalue weighted by Gasteiger charge is -2.43. The van der Waals surface area contributed by atoms with Crippen LogP contribution in [0, 0.1) is 0 Å². The SMILES string of the molecule is CCOc1cc(C2C3=C(CCCC3=O)N(CC)C3=C2C(=O)CCC3)ccc1OCC(=O)Nc1ccccc1OC. The summed E-state index contributed by atoms with van der Waals surface area (Å²) < 4.78 is 17.1. The number of benzene rings is 2. The van der Waals surface area contributed by atoms with Gasteiger partial charge in [-0.3, -0.25) is 14.4 Å². The predicted molar refractivity (Wildman–Crippen MR) is 152 cm³/mol. The number of ketones is 2. The minimum Gasteiger partial charge on any atom is -0.495 e. The highest BCUT2D eigenvalue weighted by Gasteiger charge is 2.43. The Balaban J connectivity index is 1.46. The van der Waals surface area contributed by atoms with Gasteiger partial charge in [-0.25, -0.2) is 0 Å². The number of hydrogen-bond donors (Lipinski definition) is 1. The molecule has 1 N–H and O–H groups in total. The smallest absolute Gasteiger partial charge is 0.262 e. The zero-order valence-corrected chi connectivity index (χ0v) is 23.4. The van der Waals surface area contributed by atoms with E-state index in [0.717, 1.165) is 60.3 Å². The molecule has 0 atom stereocenters. The molecule has 1 heterocycles. The monoisotopic (exact) mass is 544 g/mol. The second-order valence-corrected chi connectivity index (χ2v) is 10.1. The van der Waals surface area contributed by atoms with Gasteiger partial charge in [-0.1, -0.05) is 18.2 Å². The van der Waals surface area contributed by atoms with Gasteiger partial charge < -0.3 is 24.4 Å². The van der Waals surface area contributed by atoms with Crippen molar-refractivity contribution >= 4 is 23.2 Å². The maximum absolute atomic E-state index is 13.4. The summed E-state index contributed by atoms with van der Waals surface area (Å²) in [6.07, 6.45) is 4.29. The van der Waals surface area contributed by atoms with E-state index < -0.39 is 5.92 Å². The molecule has 2 aromatic rings. The van der Waals surface area contributed by atoms with Gasteiger partial charge in [0.2, 0.25) is 0 Å². The number of anilines is 1. The van der Waals surface area contributed by atoms with Crippen molar-refractivity contribution in [1.29, 1.82) is 0 Å². The largest absolute Gasteiger partial charge is 0.495 e. The number of ether oxygens (including phenoxy) is 3. The third kappa shape index (κ3) is 5.22. The van der Waals surface area contributed by atoms with Crippen molar-refractivity contribution in [2.45, 2.75) is 58.3 Å². The van der Waals surface area contributed by atoms with Gasteiger partial charge in [-0.05, 0) is 69.4 Å². The predicted octanol–water partition coefficient (Wildman–Crippen LogP) is 5.54. The molecule has 1 amide bonds. The minimum atomic E-state index is -0.421. The standard InChI is InChI=1S/C32H36N2O6/c1-4-34-22-11-8-13-24(35)31(22)30(32-23(34)12-9-14-25(32)36)20-16-17-27(28(18-20)39-5-2)40-19-29(37)33-21-10-6-7-15-26(21)38-3/h6-7,10,15-18,30H,4-5,8-9,11-14,19H2,1-3H3,(H,33,37). The first-order valence-electron chi connectivity index (χ1n) is 14.1. The Labute approximate surface area is 235 Å². The molecular weight excluding hydrogens is 508 g/mol. The molecule has 0 radical (unpaired) electrons. The molecule has 5 rings (SSSR count). The molecule has 0 fully saturated rings. The number of carbonyl (C=O) groups excluding carboxylic acids is 3. The van der Waals surface area contributed by atoms with Crippen LogP contribution in [-0.2, 0) is 14.4 Å². The van der Waals surface area contributed by atoms with E-state index in [9.17, 15) is 14.4 Å². The average Bonchev–Trinajstić information content (AvgIpc) is 2.96. The molecule has 0 spiro atoms. The number of hydrogen-bond acceptors (Lipinski definition) is 7. The third-order valence-corrected chi connectivity index (χ3v) is 7.74. The highest BCUT2D eigenvalue weighted by Crippen LogP contribution is 2.50. The zero-order chi connectivity index (χ0) is 28.2. The van der Waals surface area contributed by atoms with Crippen LogP contribution >= 0.6 is 0 Å². The van der Waals surface area contributed by atoms with E-state index in [1.165, 1.54) is 0 Å². The number of Topliss-reactive ketones (excluding diaryl/α,β-unsaturated/α-hetero) is 2. The van der Waals surface area contributed by atoms with Crippen LogP contribution < -0.4 is 19.5 Å². The van der Waals surface area contributed by atoms with E-state index in [2.05, 4.69) is 17.1 Å². The first-order valence-corrected chi connectivity index (χ1v) is 14.1. The molecule has 0 saturated carbocycles. The van der Waals surface area contributed by atoms with Crippen molar-refractivity contribution in [3.63, 3.8) is 0 Å². The number of allylic oxidation sites excluding steroid dienone is 4. The van der Waals surface area contributed by atoms with E-state index in [-0.39, 0.29) is 24.1 Å². The Morgan fingerprint density at radius 1 is 0.875 bits per heavy atom. The van der Waals surface area contributed by atoms with Crippen LogP contribution in [0.25, 0.3) is 0 Å². The lowest BCUT2D eigenvalue weighted by atomic mass is 9.71. The highest BCUT2D eigenvalue weighted by molar-refractivity contribution is 6.06. The fraction of sp³-hybridized carbons (Fsp3) is 0.406. The molecule has 8 heteroatoms. The number of para-hydroxylation sites is 2. The van der Waals surface area contributed by atoms with Gasteiger partial charge in [0.15, 0.2) is 29.7 Å². The summed E-state index contributed by atoms with van der Waals surface area (Å²) in [5.74, 6) is 0.908. The lowest BCUT2D eigenvalue weighted by Crippen LogP contribution is -2.39. The summed E-state index contributed by atoms with van der Waals surface area (Å²) in [4.78, 5) is 41.6. The number of rotatable bonds is 9. The molecule has 0 saturated heterocycles. The highest BCUT2D eigenvalue weighted by atomic mass is 16.5. The normalized spacial score (nSPS) is 17.4. The Kier molecular flexibility index (Phi) is 8.24. The van der Waals surface area contributed by atoms with Crippen LogP contribution in [0.4, 0.5) is 5.69 Å². The lowest BCUT2D eigenvalue weighted by molar-refractivity contribution is -0.118. The maximum Gasteiger partial charge on any atom is 0.262 e. The topological polar surface area (TPSA) is 94.2 Å². The molecular formula is C32H36N2O6. The summed E-state index contributed by atoms with van der Waals surface area (Å²) in [6.45, 7) is 4.85. The fourth-order valence-corrected chi connectivity index (χ4v) is 6.10. The van der Waals surface area contributed by atoms with Crippen molar-refractivity contribution in [3.05, 3.63) is 70.6 Å². The van der Waals surface area contributed by atoms with Gasteiger partial charge >= 0.3 is 0 Å². The van der Waals surface area contributed by atoms with Crippen molar-refractivity contribution in [2.24, 2.45) is 0 Å². The molecule has 2 aliphatic carbocycles. The molecule has 2 aromatic carbocycles. The second kappa shape index (κ2) is 12.0. The Morgan fingerprint density at radius 3 is 2.17 bits per heavy atom. The molecule has 40 heavy (non-hydrogen) atoms. The van der Waals surface area contributed by atoms with Crippen LogP contribution in [0.3, 0.4) is 0 Å². The van der Waals surface area contributed by atoms with E-state index in [1.54, 1.807) is 25.3 Å². The van der Waals surface area contributed by atoms with Crippen LogP contribution in [0.5, 0.6) is 17.2 Å². The third-order valence-electron chi connectivity index (χ3n) is 7.74. The number of nitrogens with zero attached hydrogens (tertiary/aromatic N) is 1. The van der Waals surface area contributed by atoms with Crippen LogP contribution in [0.1, 0.15) is 63.9 Å². The molecule has 0 bridgehead atoms. The minimum absolute atomic E-state index is 0.112. The first-order chi connectivity index (χ1) is 19.5. The van der Waals surface area contributed by atoms with Crippen LogP contribution in [0.15, 0.2) is 65.0 Å². The summed E-state index contributed by atoms with van der Waals surface area (Å²) >= 11 is 0. The summed E-state index contributed by atoms with van der Waals surface area (Å²) in [5, 5.41) is 2.81. The van der Waals surface area contributed by atoms with Gasteiger partial charge in [0.1, 0.15) is 5.75 Å². The van der Waals surface area contributed by atoms with E-state index >= 15 is 0 Å². The van der Waals surface area contributed by atoms with Crippen molar-refractivity contribution in [3.8, 4) is 17.2 Å². The molecule has 0 unspecified atom stereocenters. The van der Waals surface area contributed by atoms with Crippen molar-refractivity contribution in [2.75, 3.05) is 32.2 Å². The number of nitrogens with one attached hydrogen (secondary N) is 1. The zero-order valence-electron chi connectivity index (χ0n) is 23.4. The number of methoxy groups -OCH3 is 1. The molecule has 3 aliphatic rings. The molecule has 210 valence electrons. The van der Waals surface area contributed by atoms with Gasteiger partial charge in [-0.15, -0.1) is 0 Å². The van der Waals surface area contributed by atoms with E-state index in [1.807, 2.05) is 31.2 Å². The summed E-state index contributed by atoms with van der Waals surface area (Å²) in [7, 11) is 1.54. The fourth-order valence-electron chi connectivity index (χ4n) is 6.10. The summed E-state index contributed by atoms with van der Waals surface area (Å²) in [6, 6.07) is 12.7. The van der Waals surface area contributed by atoms with Crippen molar-refractivity contribution < 1.29 is 28.6 Å². The number of amides is 1. The maximum atomic E-state index is 13.4. The van der Waals surface area contributed by atoms with Gasteiger partial charge in [0.25, 0.3) is 5.91 Å². The Bertz CT molecular complexity index is 1350. The quantitative estimate of drug-likeness (QED) is 0.443. The Hall–Kier alpha value is -4.07. The van der Waals surface area contributed by atoms with Gasteiger partial charge in [0, 0.05) is 47.8 Å². The second-order valence-electron chi connectivity index (χ2n) is 10.1. The summed E-state index contributed by atoms with van der Waals surface area (Å²) in [5.41, 5.74) is 4.99. The molecule has 8 nitrogen and oxygen atoms in total. The van der Waals surface area contributed by atoms with Crippen LogP contribution in [0.2, 0.25) is 0 Å². The number of carbonyl (C=O) groups is 3. The van der Waals surface area contributed by atoms with E-state index in [4.69, 9.17) is 14.2 Å². The molecule has 1 aliphatic heterocycles. The van der Waals surface area contributed by atoms with Crippen molar-refractivity contribution in [1.82, 2.24) is 4.90 Å². The Morgan fingerprint density at radius 2 is 1.55 bits per heavy atom. The first kappa shape index (κ1) is 27.5. The van der Waals surface area contributed by atoms with E-state index in [0.29, 0.717) is 42.4 Å². The molecule has 0 aromatic heterocycles. The average molecular weight is 545 g/mol. The van der Waals surface area contributed by atoms with Gasteiger partial charge in [0.05, 0.1) is 19.4 Å².